The molecule has 2 N–H and O–H groups in total. The molecule has 0 saturated carbocycles. The second-order valence-corrected chi connectivity index (χ2v) is 8.91. The number of hydrogen-bond acceptors (Lipinski definition) is 8. The van der Waals surface area contributed by atoms with Crippen LogP contribution in [0.3, 0.4) is 0 Å². The first kappa shape index (κ1) is 24.6. The molecule has 1 aliphatic carbocycles. The second kappa shape index (κ2) is 9.77. The molecule has 10 nitrogen and oxygen atoms in total. The van der Waals surface area contributed by atoms with Crippen LogP contribution in [0.1, 0.15) is 23.2 Å². The van der Waals surface area contributed by atoms with Gasteiger partial charge in [-0.3, -0.25) is 9.59 Å². The molecule has 0 unspecified atom stereocenters. The number of carbonyl (C=O) groups is 2. The average Bonchev–Trinajstić information content (AvgIpc) is 2.93. The van der Waals surface area contributed by atoms with Crippen molar-refractivity contribution in [3.63, 3.8) is 0 Å². The summed E-state index contributed by atoms with van der Waals surface area (Å²) in [5.41, 5.74) is 1.56. The lowest BCUT2D eigenvalue weighted by Gasteiger charge is -2.28. The highest BCUT2D eigenvalue weighted by molar-refractivity contribution is 6.02. The van der Waals surface area contributed by atoms with E-state index in [1.54, 1.807) is 36.4 Å². The van der Waals surface area contributed by atoms with Crippen molar-refractivity contribution in [2.45, 2.75) is 24.8 Å². The van der Waals surface area contributed by atoms with Gasteiger partial charge in [0.15, 0.2) is 5.82 Å². The van der Waals surface area contributed by atoms with Gasteiger partial charge in [-0.05, 0) is 43.2 Å². The predicted octanol–water partition coefficient (Wildman–Crippen LogP) is 3.01. The minimum atomic E-state index is -3.61. The largest absolute Gasteiger partial charge is 0.495 e. The van der Waals surface area contributed by atoms with Gasteiger partial charge < -0.3 is 29.9 Å². The molecule has 0 radical (unpaired) electrons. The minimum Gasteiger partial charge on any atom is -0.495 e. The summed E-state index contributed by atoms with van der Waals surface area (Å²) in [4.78, 5) is 36.0. The number of benzene rings is 1. The van der Waals surface area contributed by atoms with Gasteiger partial charge in [-0.15, -0.1) is 0 Å². The highest BCUT2D eigenvalue weighted by Crippen LogP contribution is 2.39. The van der Waals surface area contributed by atoms with Gasteiger partial charge in [-0.25, -0.2) is 4.98 Å². The van der Waals surface area contributed by atoms with Crippen molar-refractivity contribution in [2.24, 2.45) is 0 Å². The molecule has 0 spiro atoms. The molecule has 0 atom stereocenters. The Morgan fingerprint density at radius 2 is 2.03 bits per heavy atom. The lowest BCUT2D eigenvalue weighted by molar-refractivity contribution is -0.140. The number of anilines is 4. The SMILES string of the molecule is COc1cc(C(=O)NC2CCOCC2)ccc1Nc1ncc2c(n1)N(C1=CC=C1)CC(F)(F)C(=O)N2C. The second-order valence-electron chi connectivity index (χ2n) is 8.91. The maximum atomic E-state index is 14.6. The summed E-state index contributed by atoms with van der Waals surface area (Å²) in [5, 5.41) is 6.04. The number of ether oxygens (including phenoxy) is 2. The van der Waals surface area contributed by atoms with E-state index in [1.807, 2.05) is 0 Å². The fourth-order valence-electron chi connectivity index (χ4n) is 4.30. The molecule has 3 heterocycles. The van der Waals surface area contributed by atoms with Crippen LogP contribution < -0.4 is 25.2 Å². The highest BCUT2D eigenvalue weighted by atomic mass is 19.3. The fourth-order valence-corrected chi connectivity index (χ4v) is 4.30. The summed E-state index contributed by atoms with van der Waals surface area (Å²) in [6, 6.07) is 4.96. The zero-order valence-corrected chi connectivity index (χ0v) is 20.3. The molecular formula is C25H26F2N6O4. The normalized spacial score (nSPS) is 18.9. The van der Waals surface area contributed by atoms with Gasteiger partial charge >= 0.3 is 5.92 Å². The number of rotatable bonds is 6. The molecule has 5 rings (SSSR count). The minimum absolute atomic E-state index is 0.0546. The summed E-state index contributed by atoms with van der Waals surface area (Å²) < 4.78 is 40.1. The van der Waals surface area contributed by atoms with Crippen molar-refractivity contribution < 1.29 is 27.8 Å². The third-order valence-electron chi connectivity index (χ3n) is 6.45. The van der Waals surface area contributed by atoms with E-state index in [9.17, 15) is 18.4 Å². The Labute approximate surface area is 212 Å². The lowest BCUT2D eigenvalue weighted by Crippen LogP contribution is -2.46. The molecule has 1 aromatic heterocycles. The summed E-state index contributed by atoms with van der Waals surface area (Å²) in [7, 11) is 2.74. The summed E-state index contributed by atoms with van der Waals surface area (Å²) in [5.74, 6) is -4.52. The van der Waals surface area contributed by atoms with E-state index < -0.39 is 18.4 Å². The Bertz CT molecular complexity index is 1290. The van der Waals surface area contributed by atoms with Crippen molar-refractivity contribution in [1.29, 1.82) is 0 Å². The predicted molar refractivity (Wildman–Crippen MR) is 133 cm³/mol. The van der Waals surface area contributed by atoms with Gasteiger partial charge in [-0.1, -0.05) is 6.08 Å². The molecule has 1 saturated heterocycles. The van der Waals surface area contributed by atoms with Crippen LogP contribution in [0.15, 0.2) is 48.3 Å². The van der Waals surface area contributed by atoms with Crippen molar-refractivity contribution in [2.75, 3.05) is 49.0 Å². The first-order chi connectivity index (χ1) is 17.8. The first-order valence-corrected chi connectivity index (χ1v) is 11.8. The Hall–Kier alpha value is -4.06. The number of allylic oxidation sites excluding steroid dienone is 3. The number of nitrogens with zero attached hydrogens (tertiary/aromatic N) is 4. The van der Waals surface area contributed by atoms with Crippen molar-refractivity contribution >= 4 is 35.0 Å². The molecule has 0 bridgehead atoms. The monoisotopic (exact) mass is 512 g/mol. The quantitative estimate of drug-likeness (QED) is 0.608. The molecule has 2 amide bonds. The third kappa shape index (κ3) is 4.84. The molecule has 194 valence electrons. The summed E-state index contributed by atoms with van der Waals surface area (Å²) >= 11 is 0. The Balaban J connectivity index is 1.41. The molecule has 37 heavy (non-hydrogen) atoms. The maximum absolute atomic E-state index is 14.6. The molecule has 1 fully saturated rings. The maximum Gasteiger partial charge on any atom is 0.342 e. The van der Waals surface area contributed by atoms with Crippen LogP contribution in [-0.2, 0) is 9.53 Å². The van der Waals surface area contributed by atoms with Gasteiger partial charge in [0.1, 0.15) is 11.4 Å². The van der Waals surface area contributed by atoms with Crippen LogP contribution in [0.5, 0.6) is 5.75 Å². The molecular weight excluding hydrogens is 486 g/mol. The van der Waals surface area contributed by atoms with Gasteiger partial charge in [0.25, 0.3) is 11.8 Å². The van der Waals surface area contributed by atoms with Crippen LogP contribution in [0, 0.1) is 0 Å². The average molecular weight is 513 g/mol. The van der Waals surface area contributed by atoms with Gasteiger partial charge in [0.2, 0.25) is 5.95 Å². The molecule has 2 aliphatic heterocycles. The van der Waals surface area contributed by atoms with E-state index >= 15 is 0 Å². The van der Waals surface area contributed by atoms with Crippen LogP contribution >= 0.6 is 0 Å². The molecule has 2 aromatic rings. The molecule has 3 aliphatic rings. The van der Waals surface area contributed by atoms with Crippen molar-refractivity contribution in [3.05, 3.63) is 53.9 Å². The number of fused-ring (bicyclic) bond motifs is 1. The van der Waals surface area contributed by atoms with E-state index in [2.05, 4.69) is 20.6 Å². The van der Waals surface area contributed by atoms with Crippen LogP contribution in [-0.4, -0.2) is 67.7 Å². The topological polar surface area (TPSA) is 109 Å². The van der Waals surface area contributed by atoms with E-state index in [4.69, 9.17) is 9.47 Å². The zero-order valence-electron chi connectivity index (χ0n) is 20.3. The Morgan fingerprint density at radius 3 is 2.70 bits per heavy atom. The van der Waals surface area contributed by atoms with Crippen LogP contribution in [0.2, 0.25) is 0 Å². The number of methoxy groups -OCH3 is 1. The molecule has 1 aromatic carbocycles. The number of amides is 2. The van der Waals surface area contributed by atoms with E-state index in [0.717, 1.165) is 17.7 Å². The van der Waals surface area contributed by atoms with Crippen molar-refractivity contribution in [3.8, 4) is 5.75 Å². The fraction of sp³-hybridized carbons (Fsp3) is 0.360. The van der Waals surface area contributed by atoms with Crippen molar-refractivity contribution in [1.82, 2.24) is 15.3 Å². The number of aromatic nitrogens is 2. The summed E-state index contributed by atoms with van der Waals surface area (Å²) in [6.07, 6.45) is 7.88. The zero-order chi connectivity index (χ0) is 26.2. The van der Waals surface area contributed by atoms with E-state index in [0.29, 0.717) is 35.9 Å². The van der Waals surface area contributed by atoms with E-state index in [1.165, 1.54) is 25.3 Å². The Morgan fingerprint density at radius 1 is 1.27 bits per heavy atom. The highest BCUT2D eigenvalue weighted by Gasteiger charge is 2.48. The number of hydrogen-bond donors (Lipinski definition) is 2. The molecule has 12 heteroatoms. The van der Waals surface area contributed by atoms with Gasteiger partial charge in [0, 0.05) is 37.6 Å². The van der Waals surface area contributed by atoms with Gasteiger partial charge in [-0.2, -0.15) is 13.8 Å². The van der Waals surface area contributed by atoms with E-state index in [-0.39, 0.29) is 29.4 Å². The van der Waals surface area contributed by atoms with Gasteiger partial charge in [0.05, 0.1) is 25.5 Å². The Kier molecular flexibility index (Phi) is 6.50. The number of alkyl halides is 2. The van der Waals surface area contributed by atoms with Crippen LogP contribution in [0.25, 0.3) is 0 Å². The lowest BCUT2D eigenvalue weighted by atomic mass is 10.1. The summed E-state index contributed by atoms with van der Waals surface area (Å²) in [6.45, 7) is 0.380. The third-order valence-corrected chi connectivity index (χ3v) is 6.45. The number of nitrogens with one attached hydrogen (secondary N) is 2. The van der Waals surface area contributed by atoms with Crippen LogP contribution in [0.4, 0.5) is 31.9 Å². The number of halogens is 2. The standard InChI is InChI=1S/C25H26F2N6O4/c1-32-19-13-28-24(31-21(19)33(17-4-3-5-17)14-25(26,27)23(32)35)30-18-7-6-15(12-20(18)36-2)22(34)29-16-8-10-37-11-9-16/h3-7,12-13,16H,8-11,14H2,1-2H3,(H,29,34)(H,28,30,31). The first-order valence-electron chi connectivity index (χ1n) is 11.8. The smallest absolute Gasteiger partial charge is 0.342 e. The number of carbonyl (C=O) groups excluding carboxylic acids is 2.